The molecule has 0 N–H and O–H groups in total. The average molecular weight is 329 g/mol. The van der Waals surface area contributed by atoms with E-state index in [9.17, 15) is 4.79 Å². The number of allylic oxidation sites excluding steroid dienone is 5. The molecule has 0 aromatic rings. The van der Waals surface area contributed by atoms with E-state index in [1.165, 1.54) is 24.8 Å². The highest BCUT2D eigenvalue weighted by molar-refractivity contribution is 6.23. The Balaban J connectivity index is 1.76. The number of alkyl halides is 1. The van der Waals surface area contributed by atoms with Crippen LogP contribution in [0.15, 0.2) is 41.7 Å². The highest BCUT2D eigenvalue weighted by Crippen LogP contribution is 2.66. The Labute approximate surface area is 144 Å². The summed E-state index contributed by atoms with van der Waals surface area (Å²) in [5, 5.41) is -0.00531. The SMILES string of the molecule is C=C=C1CCC2C3C[C@H](Cl)C4=CC(=O)C=C[C@]4(C)C3CC[C@]12C. The molecular weight excluding hydrogens is 304 g/mol. The van der Waals surface area contributed by atoms with E-state index in [-0.39, 0.29) is 22.0 Å². The topological polar surface area (TPSA) is 17.1 Å². The first-order valence-electron chi connectivity index (χ1n) is 8.89. The van der Waals surface area contributed by atoms with Crippen LogP contribution >= 0.6 is 11.6 Å². The fourth-order valence-electron chi connectivity index (χ4n) is 6.30. The Morgan fingerprint density at radius 2 is 2.09 bits per heavy atom. The van der Waals surface area contributed by atoms with E-state index in [1.54, 1.807) is 6.08 Å². The molecule has 0 aromatic heterocycles. The highest BCUT2D eigenvalue weighted by Gasteiger charge is 2.58. The predicted octanol–water partition coefficient (Wildman–Crippen LogP) is 5.22. The summed E-state index contributed by atoms with van der Waals surface area (Å²) in [7, 11) is 0. The van der Waals surface area contributed by atoms with Crippen LogP contribution in [-0.2, 0) is 4.79 Å². The molecule has 4 rings (SSSR count). The van der Waals surface area contributed by atoms with Gasteiger partial charge in [0, 0.05) is 5.41 Å². The summed E-state index contributed by atoms with van der Waals surface area (Å²) in [5.74, 6) is 2.04. The van der Waals surface area contributed by atoms with Crippen LogP contribution in [0.1, 0.15) is 46.0 Å². The van der Waals surface area contributed by atoms with E-state index in [4.69, 9.17) is 11.6 Å². The van der Waals surface area contributed by atoms with Crippen LogP contribution in [0.2, 0.25) is 0 Å². The van der Waals surface area contributed by atoms with E-state index in [0.717, 1.165) is 18.4 Å². The maximum absolute atomic E-state index is 11.8. The second-order valence-corrected chi connectivity index (χ2v) is 8.88. The van der Waals surface area contributed by atoms with Crippen molar-refractivity contribution < 1.29 is 4.79 Å². The van der Waals surface area contributed by atoms with Gasteiger partial charge in [0.05, 0.1) is 5.38 Å². The first kappa shape index (κ1) is 15.5. The molecule has 0 amide bonds. The van der Waals surface area contributed by atoms with E-state index >= 15 is 0 Å². The molecule has 3 saturated carbocycles. The number of halogens is 1. The Morgan fingerprint density at radius 1 is 1.30 bits per heavy atom. The summed E-state index contributed by atoms with van der Waals surface area (Å²) in [6.45, 7) is 8.66. The maximum Gasteiger partial charge on any atom is 0.178 e. The van der Waals surface area contributed by atoms with Gasteiger partial charge in [0.15, 0.2) is 5.78 Å². The summed E-state index contributed by atoms with van der Waals surface area (Å²) in [6.07, 6.45) is 11.6. The molecule has 23 heavy (non-hydrogen) atoms. The van der Waals surface area contributed by atoms with Gasteiger partial charge in [-0.25, -0.2) is 0 Å². The average Bonchev–Trinajstić information content (AvgIpc) is 2.86. The van der Waals surface area contributed by atoms with Crippen molar-refractivity contribution in [2.24, 2.45) is 28.6 Å². The Bertz CT molecular complexity index is 680. The molecule has 2 heteroatoms. The van der Waals surface area contributed by atoms with Gasteiger partial charge in [0.25, 0.3) is 0 Å². The largest absolute Gasteiger partial charge is 0.290 e. The molecule has 3 unspecified atom stereocenters. The number of hydrogen-bond donors (Lipinski definition) is 0. The molecule has 6 atom stereocenters. The minimum atomic E-state index is -0.0365. The number of rotatable bonds is 0. The van der Waals surface area contributed by atoms with Crippen LogP contribution in [0.3, 0.4) is 0 Å². The minimum Gasteiger partial charge on any atom is -0.290 e. The molecule has 0 heterocycles. The molecule has 0 aliphatic heterocycles. The predicted molar refractivity (Wildman–Crippen MR) is 94.3 cm³/mol. The van der Waals surface area contributed by atoms with Crippen LogP contribution < -0.4 is 0 Å². The standard InChI is InChI=1S/C21H25ClO/c1-4-13-5-6-16-15-12-19(22)18-11-14(23)7-9-21(18,3)17(15)8-10-20(13,16)2/h7,9,11,15-17,19H,1,5-6,8,10,12H2,2-3H3/t15?,16?,17?,19-,20+,21+/m0/s1. The van der Waals surface area contributed by atoms with Crippen molar-refractivity contribution in [3.8, 4) is 0 Å². The van der Waals surface area contributed by atoms with E-state index < -0.39 is 0 Å². The molecule has 0 bridgehead atoms. The number of hydrogen-bond acceptors (Lipinski definition) is 1. The quantitative estimate of drug-likeness (QED) is 0.440. The molecule has 1 nitrogen and oxygen atoms in total. The van der Waals surface area contributed by atoms with Crippen LogP contribution in [-0.4, -0.2) is 11.2 Å². The van der Waals surface area contributed by atoms with Gasteiger partial charge in [-0.1, -0.05) is 26.5 Å². The molecule has 122 valence electrons. The lowest BCUT2D eigenvalue weighted by molar-refractivity contribution is -0.111. The van der Waals surface area contributed by atoms with Gasteiger partial charge in [-0.2, -0.15) is 0 Å². The molecule has 0 aromatic carbocycles. The number of carbonyl (C=O) groups is 1. The Morgan fingerprint density at radius 3 is 2.83 bits per heavy atom. The van der Waals surface area contributed by atoms with Crippen LogP contribution in [0.4, 0.5) is 0 Å². The lowest BCUT2D eigenvalue weighted by Crippen LogP contribution is -2.51. The zero-order valence-electron chi connectivity index (χ0n) is 14.1. The monoisotopic (exact) mass is 328 g/mol. The fourth-order valence-corrected chi connectivity index (χ4v) is 6.81. The number of carbonyl (C=O) groups excluding carboxylic acids is 1. The van der Waals surface area contributed by atoms with Crippen molar-refractivity contribution in [3.05, 3.63) is 41.7 Å². The van der Waals surface area contributed by atoms with E-state index in [1.807, 2.05) is 6.08 Å². The molecule has 0 spiro atoms. The van der Waals surface area contributed by atoms with Gasteiger partial charge < -0.3 is 0 Å². The maximum atomic E-state index is 11.8. The van der Waals surface area contributed by atoms with Gasteiger partial charge in [-0.3, -0.25) is 4.79 Å². The lowest BCUT2D eigenvalue weighted by Gasteiger charge is -2.57. The van der Waals surface area contributed by atoms with Gasteiger partial charge in [-0.15, -0.1) is 17.3 Å². The van der Waals surface area contributed by atoms with Gasteiger partial charge in [0.2, 0.25) is 0 Å². The third-order valence-electron chi connectivity index (χ3n) is 7.54. The first-order chi connectivity index (χ1) is 10.9. The van der Waals surface area contributed by atoms with Crippen molar-refractivity contribution >= 4 is 17.4 Å². The summed E-state index contributed by atoms with van der Waals surface area (Å²) in [4.78, 5) is 11.8. The highest BCUT2D eigenvalue weighted by atomic mass is 35.5. The molecule has 0 saturated heterocycles. The van der Waals surface area contributed by atoms with Crippen LogP contribution in [0, 0.1) is 28.6 Å². The normalized spacial score (nSPS) is 48.2. The number of fused-ring (bicyclic) bond motifs is 5. The van der Waals surface area contributed by atoms with Crippen molar-refractivity contribution in [1.82, 2.24) is 0 Å². The van der Waals surface area contributed by atoms with Crippen LogP contribution in [0.5, 0.6) is 0 Å². The lowest BCUT2D eigenvalue weighted by atomic mass is 9.48. The Hall–Kier alpha value is -1.04. The third kappa shape index (κ3) is 1.96. The van der Waals surface area contributed by atoms with Crippen molar-refractivity contribution in [1.29, 1.82) is 0 Å². The van der Waals surface area contributed by atoms with E-state index in [2.05, 4.69) is 32.2 Å². The first-order valence-corrected chi connectivity index (χ1v) is 9.32. The minimum absolute atomic E-state index is 0.00531. The second kappa shape index (κ2) is 4.98. The molecular formula is C21H25ClO. The van der Waals surface area contributed by atoms with Gasteiger partial charge in [-0.05, 0) is 78.6 Å². The zero-order valence-corrected chi connectivity index (χ0v) is 14.8. The molecule has 4 aliphatic carbocycles. The summed E-state index contributed by atoms with van der Waals surface area (Å²) in [5.41, 5.74) is 6.08. The summed E-state index contributed by atoms with van der Waals surface area (Å²) < 4.78 is 0. The van der Waals surface area contributed by atoms with Crippen molar-refractivity contribution in [3.63, 3.8) is 0 Å². The smallest absolute Gasteiger partial charge is 0.178 e. The fraction of sp³-hybridized carbons (Fsp3) is 0.619. The van der Waals surface area contributed by atoms with Crippen LogP contribution in [0.25, 0.3) is 0 Å². The third-order valence-corrected chi connectivity index (χ3v) is 7.95. The van der Waals surface area contributed by atoms with Gasteiger partial charge >= 0.3 is 0 Å². The second-order valence-electron chi connectivity index (χ2n) is 8.35. The van der Waals surface area contributed by atoms with Crippen molar-refractivity contribution in [2.45, 2.75) is 51.3 Å². The van der Waals surface area contributed by atoms with Gasteiger partial charge in [0.1, 0.15) is 0 Å². The summed E-state index contributed by atoms with van der Waals surface area (Å²) in [6, 6.07) is 0. The summed E-state index contributed by atoms with van der Waals surface area (Å²) >= 11 is 6.78. The van der Waals surface area contributed by atoms with E-state index in [0.29, 0.717) is 17.8 Å². The zero-order chi connectivity index (χ0) is 16.4. The Kier molecular flexibility index (Phi) is 3.35. The molecule has 4 aliphatic rings. The molecule has 0 radical (unpaired) electrons. The van der Waals surface area contributed by atoms with Crippen molar-refractivity contribution in [2.75, 3.05) is 0 Å². The number of ketones is 1. The molecule has 3 fully saturated rings.